The lowest BCUT2D eigenvalue weighted by Gasteiger charge is -2.19. The second-order valence-electron chi connectivity index (χ2n) is 25.5. The number of rotatable bonds is 72. The number of hydrogen-bond acceptors (Lipinski definition) is 8. The minimum absolute atomic E-state index is 0.0467. The normalized spacial score (nSPS) is 13.6. The van der Waals surface area contributed by atoms with Gasteiger partial charge in [0.1, 0.15) is 6.61 Å². The highest BCUT2D eigenvalue weighted by Crippen LogP contribution is 2.43. The first-order valence-corrected chi connectivity index (χ1v) is 40.2. The number of hydrogen-bond donors (Lipinski definition) is 2. The Morgan fingerprint density at radius 1 is 0.333 bits per heavy atom. The van der Waals surface area contributed by atoms with Crippen LogP contribution in [-0.2, 0) is 32.7 Å². The Hall–Kier alpha value is -3.85. The van der Waals surface area contributed by atoms with Gasteiger partial charge in [0.25, 0.3) is 0 Å². The zero-order chi connectivity index (χ0) is 67.2. The lowest BCUT2D eigenvalue weighted by atomic mass is 10.0. The van der Waals surface area contributed by atoms with Crippen LogP contribution in [0.3, 0.4) is 0 Å². The van der Waals surface area contributed by atoms with Gasteiger partial charge < -0.3 is 20.1 Å². The third kappa shape index (κ3) is 77.0. The summed E-state index contributed by atoms with van der Waals surface area (Å²) in [6, 6.07) is 0. The molecule has 534 valence electrons. The molecular weight excluding hydrogens is 1170 g/mol. The Kier molecular flexibility index (Phi) is 74.0. The van der Waals surface area contributed by atoms with Crippen molar-refractivity contribution in [2.75, 3.05) is 26.4 Å². The van der Waals surface area contributed by atoms with Gasteiger partial charge in [-0.15, -0.1) is 0 Å². The Balaban J connectivity index is 3.88. The molecule has 2 atom stereocenters. The van der Waals surface area contributed by atoms with Crippen molar-refractivity contribution >= 4 is 19.8 Å². The summed E-state index contributed by atoms with van der Waals surface area (Å²) in [6.45, 7) is 3.64. The Labute approximate surface area is 574 Å². The summed E-state index contributed by atoms with van der Waals surface area (Å²) in [4.78, 5) is 35.4. The third-order valence-electron chi connectivity index (χ3n) is 16.5. The zero-order valence-corrected chi connectivity index (χ0v) is 61.1. The Bertz CT molecular complexity index is 1990. The van der Waals surface area contributed by atoms with E-state index in [1.807, 2.05) is 0 Å². The summed E-state index contributed by atoms with van der Waals surface area (Å²) in [5.74, 6) is -0.835. The van der Waals surface area contributed by atoms with Crippen molar-refractivity contribution in [3.8, 4) is 0 Å². The lowest BCUT2D eigenvalue weighted by Crippen LogP contribution is -2.29. The smallest absolute Gasteiger partial charge is 0.462 e. The molecule has 0 aliphatic rings. The van der Waals surface area contributed by atoms with Gasteiger partial charge in [-0.2, -0.15) is 0 Å². The number of allylic oxidation sites excluding steroid dienone is 22. The third-order valence-corrected chi connectivity index (χ3v) is 17.5. The van der Waals surface area contributed by atoms with Crippen LogP contribution >= 0.6 is 7.82 Å². The van der Waals surface area contributed by atoms with Crippen LogP contribution in [0.2, 0.25) is 0 Å². The van der Waals surface area contributed by atoms with Crippen molar-refractivity contribution < 1.29 is 37.6 Å². The summed E-state index contributed by atoms with van der Waals surface area (Å²) in [5, 5.41) is 0. The van der Waals surface area contributed by atoms with Crippen molar-refractivity contribution in [3.05, 3.63) is 134 Å². The maximum atomic E-state index is 12.8. The van der Waals surface area contributed by atoms with Gasteiger partial charge in [-0.05, 0) is 116 Å². The number of ether oxygens (including phenoxy) is 2. The lowest BCUT2D eigenvalue weighted by molar-refractivity contribution is -0.161. The fourth-order valence-electron chi connectivity index (χ4n) is 10.8. The topological polar surface area (TPSA) is 134 Å². The van der Waals surface area contributed by atoms with Crippen LogP contribution in [0.5, 0.6) is 0 Å². The van der Waals surface area contributed by atoms with E-state index in [4.69, 9.17) is 24.3 Å². The highest BCUT2D eigenvalue weighted by Gasteiger charge is 2.26. The predicted octanol–water partition coefficient (Wildman–Crippen LogP) is 26.0. The van der Waals surface area contributed by atoms with Crippen LogP contribution < -0.4 is 5.73 Å². The van der Waals surface area contributed by atoms with E-state index in [9.17, 15) is 19.0 Å². The molecule has 0 heterocycles. The molecule has 3 N–H and O–H groups in total. The summed E-state index contributed by atoms with van der Waals surface area (Å²) < 4.78 is 33.2. The molecule has 0 aromatic carbocycles. The van der Waals surface area contributed by atoms with Crippen molar-refractivity contribution in [2.45, 2.75) is 354 Å². The standard InChI is InChI=1S/C83H144NO8P/c1-3-5-7-9-11-13-15-17-19-21-23-25-27-29-31-33-35-37-39-40-42-43-45-47-49-51-53-55-57-59-61-63-65-67-69-71-73-75-82(85)89-79-81(80-91-93(87,88)90-78-77-84)92-83(86)76-74-72-70-68-66-64-62-60-58-56-54-52-50-48-46-44-41-38-36-34-32-30-28-26-24-22-20-18-16-14-12-10-8-6-4-2/h6,8,12,14-15,17-18,20-21,23-24,26,30,32,36,38,44,46,50,52,56,58,81H,3-5,7,9-11,13,16,19,22,25,27-29,31,33-35,37,39-43,45,47-49,51,53-55,57,59-80,84H2,1-2H3,(H,87,88)/b8-6-,14-12-,17-15-,20-18-,23-21-,26-24-,32-30-,38-36-,46-44-,52-50-,58-56-. The van der Waals surface area contributed by atoms with Crippen molar-refractivity contribution in [3.63, 3.8) is 0 Å². The van der Waals surface area contributed by atoms with E-state index in [2.05, 4.69) is 148 Å². The number of phosphoric ester groups is 1. The molecule has 0 saturated carbocycles. The van der Waals surface area contributed by atoms with Crippen LogP contribution in [0.15, 0.2) is 134 Å². The van der Waals surface area contributed by atoms with Crippen LogP contribution in [0.25, 0.3) is 0 Å². The molecule has 0 aliphatic carbocycles. The molecule has 9 nitrogen and oxygen atoms in total. The number of carbonyl (C=O) groups excluding carboxylic acids is 2. The molecule has 0 aromatic heterocycles. The van der Waals surface area contributed by atoms with Crippen molar-refractivity contribution in [1.82, 2.24) is 0 Å². The molecular formula is C83H144NO8P. The molecule has 2 unspecified atom stereocenters. The summed E-state index contributed by atoms with van der Waals surface area (Å²) in [7, 11) is -4.41. The van der Waals surface area contributed by atoms with E-state index in [0.717, 1.165) is 109 Å². The van der Waals surface area contributed by atoms with E-state index in [1.54, 1.807) is 0 Å². The predicted molar refractivity (Wildman–Crippen MR) is 404 cm³/mol. The number of nitrogens with two attached hydrogens (primary N) is 1. The fourth-order valence-corrected chi connectivity index (χ4v) is 11.6. The van der Waals surface area contributed by atoms with E-state index in [-0.39, 0.29) is 38.6 Å². The van der Waals surface area contributed by atoms with Gasteiger partial charge in [0.05, 0.1) is 13.2 Å². The average Bonchev–Trinajstić information content (AvgIpc) is 3.70. The first-order chi connectivity index (χ1) is 45.8. The van der Waals surface area contributed by atoms with Crippen LogP contribution in [-0.4, -0.2) is 49.3 Å². The van der Waals surface area contributed by atoms with Gasteiger partial charge in [-0.3, -0.25) is 18.6 Å². The van der Waals surface area contributed by atoms with E-state index in [1.165, 1.54) is 205 Å². The molecule has 0 spiro atoms. The monoisotopic (exact) mass is 1310 g/mol. The maximum Gasteiger partial charge on any atom is 0.472 e. The number of unbranched alkanes of at least 4 members (excludes halogenated alkanes) is 37. The number of esters is 2. The molecule has 0 bridgehead atoms. The molecule has 93 heavy (non-hydrogen) atoms. The molecule has 10 heteroatoms. The van der Waals surface area contributed by atoms with Crippen molar-refractivity contribution in [1.29, 1.82) is 0 Å². The molecule has 0 saturated heterocycles. The van der Waals surface area contributed by atoms with Gasteiger partial charge in [0, 0.05) is 19.4 Å². The minimum atomic E-state index is -4.41. The van der Waals surface area contributed by atoms with Crippen LogP contribution in [0.1, 0.15) is 348 Å². The highest BCUT2D eigenvalue weighted by atomic mass is 31.2. The average molecular weight is 1320 g/mol. The summed E-state index contributed by atoms with van der Waals surface area (Å²) >= 11 is 0. The maximum absolute atomic E-state index is 12.8. The van der Waals surface area contributed by atoms with Gasteiger partial charge in [-0.25, -0.2) is 4.57 Å². The summed E-state index contributed by atoms with van der Waals surface area (Å²) in [5.41, 5.74) is 5.41. The second-order valence-corrected chi connectivity index (χ2v) is 26.9. The van der Waals surface area contributed by atoms with Gasteiger partial charge in [-0.1, -0.05) is 353 Å². The Morgan fingerprint density at radius 2 is 0.591 bits per heavy atom. The molecule has 0 fully saturated rings. The van der Waals surface area contributed by atoms with E-state index < -0.39 is 26.5 Å². The Morgan fingerprint density at radius 3 is 0.882 bits per heavy atom. The van der Waals surface area contributed by atoms with Gasteiger partial charge in [0.15, 0.2) is 6.10 Å². The zero-order valence-electron chi connectivity index (χ0n) is 60.2. The molecule has 0 aliphatic heterocycles. The first-order valence-electron chi connectivity index (χ1n) is 38.7. The van der Waals surface area contributed by atoms with E-state index >= 15 is 0 Å². The second kappa shape index (κ2) is 77.2. The number of phosphoric acid groups is 1. The molecule has 0 aromatic rings. The largest absolute Gasteiger partial charge is 0.472 e. The van der Waals surface area contributed by atoms with E-state index in [0.29, 0.717) is 6.42 Å². The highest BCUT2D eigenvalue weighted by molar-refractivity contribution is 7.47. The van der Waals surface area contributed by atoms with Gasteiger partial charge in [0.2, 0.25) is 0 Å². The first kappa shape index (κ1) is 89.2. The summed E-state index contributed by atoms with van der Waals surface area (Å²) in [6.07, 6.45) is 110. The molecule has 0 amide bonds. The quantitative estimate of drug-likeness (QED) is 0.0264. The van der Waals surface area contributed by atoms with Crippen molar-refractivity contribution in [2.24, 2.45) is 5.73 Å². The SMILES string of the molecule is CC/C=C\C/C=C\C/C=C\C/C=C\C/C=C\C/C=C\C/C=C\C/C=C\C/C=C\CCCCCCCCCC(=O)OC(COC(=O)CCCCCCCCCCCCCCCCCCCCCCCCCCC/C=C\C/C=C\CCCCCCC)COP(=O)(O)OCCN. The molecule has 0 rings (SSSR count). The van der Waals surface area contributed by atoms with Crippen LogP contribution in [0.4, 0.5) is 0 Å². The van der Waals surface area contributed by atoms with Crippen LogP contribution in [0, 0.1) is 0 Å². The number of carbonyl (C=O) groups is 2. The molecule has 0 radical (unpaired) electrons. The van der Waals surface area contributed by atoms with Gasteiger partial charge >= 0.3 is 19.8 Å². The minimum Gasteiger partial charge on any atom is -0.462 e. The fraction of sp³-hybridized carbons (Fsp3) is 0.711.